The van der Waals surface area contributed by atoms with Crippen LogP contribution in [0.3, 0.4) is 0 Å². The maximum Gasteiger partial charge on any atom is 0.262 e. The Morgan fingerprint density at radius 2 is 1.71 bits per heavy atom. The van der Waals surface area contributed by atoms with Gasteiger partial charge in [-0.1, -0.05) is 12.1 Å². The van der Waals surface area contributed by atoms with E-state index < -0.39 is 9.84 Å². The number of ether oxygens (including phenoxy) is 4. The summed E-state index contributed by atoms with van der Waals surface area (Å²) in [4.78, 5) is 27.8. The number of rotatable bonds is 9. The van der Waals surface area contributed by atoms with Crippen molar-refractivity contribution in [3.8, 4) is 40.0 Å². The van der Waals surface area contributed by atoms with Crippen LogP contribution in [0.4, 0.5) is 0 Å². The molecule has 0 aliphatic carbocycles. The number of halogens is 1. The standard InChI is InChI=1S/C28H30N4O7S.ClH/c1-36-19-16-22-25(24(17-19)37-2)28(33)31-27(30-22)21-8-9-23(39-15-12-32-10-13-38-14-11-32)26(29-21)18-4-6-20(7-5-18)40(3,34)35;/h4-9,16-17H,10-15H2,1-3H3,(H,30,31,33);1H. The number of H-pyrrole nitrogens is 1. The Morgan fingerprint density at radius 1 is 0.976 bits per heavy atom. The van der Waals surface area contributed by atoms with Crippen LogP contribution in [0, 0.1) is 0 Å². The first-order chi connectivity index (χ1) is 19.3. The molecule has 0 amide bonds. The Labute approximate surface area is 243 Å². The lowest BCUT2D eigenvalue weighted by Crippen LogP contribution is -2.38. The highest BCUT2D eigenvalue weighted by atomic mass is 35.5. The number of nitrogens with one attached hydrogen (secondary N) is 1. The van der Waals surface area contributed by atoms with Gasteiger partial charge in [0.1, 0.15) is 40.6 Å². The van der Waals surface area contributed by atoms with E-state index in [1.807, 2.05) is 0 Å². The van der Waals surface area contributed by atoms with Gasteiger partial charge in [-0.25, -0.2) is 18.4 Å². The second kappa shape index (κ2) is 12.9. The fourth-order valence-electron chi connectivity index (χ4n) is 4.48. The highest BCUT2D eigenvalue weighted by molar-refractivity contribution is 7.90. The highest BCUT2D eigenvalue weighted by Gasteiger charge is 2.18. The van der Waals surface area contributed by atoms with Crippen LogP contribution in [0.2, 0.25) is 0 Å². The van der Waals surface area contributed by atoms with Crippen molar-refractivity contribution in [3.05, 3.63) is 58.9 Å². The van der Waals surface area contributed by atoms with Crippen LogP contribution in [0.1, 0.15) is 0 Å². The summed E-state index contributed by atoms with van der Waals surface area (Å²) in [6, 6.07) is 13.2. The minimum Gasteiger partial charge on any atom is -0.497 e. The van der Waals surface area contributed by atoms with Crippen LogP contribution < -0.4 is 19.8 Å². The van der Waals surface area contributed by atoms with Crippen LogP contribution in [0.5, 0.6) is 17.2 Å². The number of methoxy groups -OCH3 is 2. The van der Waals surface area contributed by atoms with Crippen molar-refractivity contribution in [1.29, 1.82) is 0 Å². The summed E-state index contributed by atoms with van der Waals surface area (Å²) >= 11 is 0. The number of aromatic nitrogens is 3. The molecule has 1 fully saturated rings. The normalized spacial score (nSPS) is 13.9. The molecule has 2 aromatic carbocycles. The monoisotopic (exact) mass is 602 g/mol. The third-order valence-electron chi connectivity index (χ3n) is 6.63. The summed E-state index contributed by atoms with van der Waals surface area (Å²) in [5.41, 5.74) is 1.56. The number of morpholine rings is 1. The summed E-state index contributed by atoms with van der Waals surface area (Å²) in [6.07, 6.45) is 1.16. The van der Waals surface area contributed by atoms with Gasteiger partial charge in [0.25, 0.3) is 5.56 Å². The van der Waals surface area contributed by atoms with E-state index in [9.17, 15) is 13.2 Å². The molecule has 1 N–H and O–H groups in total. The Bertz CT molecular complexity index is 1690. The molecule has 1 aliphatic rings. The van der Waals surface area contributed by atoms with Gasteiger partial charge in [0.05, 0.1) is 37.8 Å². The van der Waals surface area contributed by atoms with Crippen molar-refractivity contribution in [3.63, 3.8) is 0 Å². The molecule has 0 saturated carbocycles. The molecular weight excluding hydrogens is 572 g/mol. The minimum atomic E-state index is -3.36. The van der Waals surface area contributed by atoms with Crippen molar-refractivity contribution in [1.82, 2.24) is 19.9 Å². The topological polar surface area (TPSA) is 133 Å². The predicted octanol–water partition coefficient (Wildman–Crippen LogP) is 3.21. The van der Waals surface area contributed by atoms with Gasteiger partial charge in [0.15, 0.2) is 15.7 Å². The molecule has 3 heterocycles. The van der Waals surface area contributed by atoms with Gasteiger partial charge in [0.2, 0.25) is 0 Å². The maximum absolute atomic E-state index is 13.1. The quantitative estimate of drug-likeness (QED) is 0.304. The van der Waals surface area contributed by atoms with Gasteiger partial charge in [-0.05, 0) is 24.3 Å². The SMILES string of the molecule is COc1cc(OC)c2c(=O)[nH]c(-c3ccc(OCCN4CCOCC4)c(-c4ccc(S(C)(=O)=O)cc4)n3)nc2c1.Cl. The van der Waals surface area contributed by atoms with Gasteiger partial charge in [0, 0.05) is 43.6 Å². The lowest BCUT2D eigenvalue weighted by molar-refractivity contribution is 0.0322. The molecule has 41 heavy (non-hydrogen) atoms. The van der Waals surface area contributed by atoms with Crippen molar-refractivity contribution in [2.45, 2.75) is 4.90 Å². The molecule has 1 saturated heterocycles. The molecule has 4 aromatic rings. The molecule has 0 spiro atoms. The van der Waals surface area contributed by atoms with E-state index >= 15 is 0 Å². The zero-order valence-corrected chi connectivity index (χ0v) is 24.5. The number of fused-ring (bicyclic) bond motifs is 1. The smallest absolute Gasteiger partial charge is 0.262 e. The lowest BCUT2D eigenvalue weighted by atomic mass is 10.1. The third kappa shape index (κ3) is 6.79. The van der Waals surface area contributed by atoms with Crippen LogP contribution in [-0.2, 0) is 14.6 Å². The molecule has 1 aliphatic heterocycles. The van der Waals surface area contributed by atoms with E-state index in [0.717, 1.165) is 25.9 Å². The third-order valence-corrected chi connectivity index (χ3v) is 7.76. The maximum atomic E-state index is 13.1. The van der Waals surface area contributed by atoms with Crippen molar-refractivity contribution < 1.29 is 27.4 Å². The summed E-state index contributed by atoms with van der Waals surface area (Å²) in [7, 11) is -0.367. The molecule has 0 atom stereocenters. The van der Waals surface area contributed by atoms with Gasteiger partial charge in [-0.2, -0.15) is 0 Å². The van der Waals surface area contributed by atoms with Gasteiger partial charge >= 0.3 is 0 Å². The number of benzene rings is 2. The summed E-state index contributed by atoms with van der Waals surface area (Å²) in [5, 5.41) is 0.298. The molecule has 11 nitrogen and oxygen atoms in total. The Kier molecular flexibility index (Phi) is 9.49. The molecule has 13 heteroatoms. The summed E-state index contributed by atoms with van der Waals surface area (Å²) < 4.78 is 46.3. The van der Waals surface area contributed by atoms with E-state index in [-0.39, 0.29) is 28.7 Å². The van der Waals surface area contributed by atoms with E-state index in [4.69, 9.17) is 23.9 Å². The van der Waals surface area contributed by atoms with Crippen LogP contribution in [0.25, 0.3) is 33.7 Å². The van der Waals surface area contributed by atoms with Crippen LogP contribution in [0.15, 0.2) is 58.2 Å². The summed E-state index contributed by atoms with van der Waals surface area (Å²) in [6.45, 7) is 4.24. The zero-order valence-electron chi connectivity index (χ0n) is 22.9. The molecule has 2 aromatic heterocycles. The minimum absolute atomic E-state index is 0. The fourth-order valence-corrected chi connectivity index (χ4v) is 5.11. The lowest BCUT2D eigenvalue weighted by Gasteiger charge is -2.26. The van der Waals surface area contributed by atoms with E-state index in [1.165, 1.54) is 26.4 Å². The van der Waals surface area contributed by atoms with Gasteiger partial charge in [-0.3, -0.25) is 9.69 Å². The first kappa shape index (κ1) is 30.3. The van der Waals surface area contributed by atoms with E-state index in [0.29, 0.717) is 64.9 Å². The van der Waals surface area contributed by atoms with Crippen LogP contribution >= 0.6 is 12.4 Å². The molecule has 0 bridgehead atoms. The number of nitrogens with zero attached hydrogens (tertiary/aromatic N) is 3. The average Bonchev–Trinajstić information content (AvgIpc) is 2.96. The Balaban J connectivity index is 0.00000387. The number of pyridine rings is 1. The summed E-state index contributed by atoms with van der Waals surface area (Å²) in [5.74, 6) is 1.62. The number of sulfone groups is 1. The van der Waals surface area contributed by atoms with Crippen molar-refractivity contribution in [2.75, 3.05) is 59.9 Å². The second-order valence-corrected chi connectivity index (χ2v) is 11.3. The van der Waals surface area contributed by atoms with Crippen LogP contribution in [-0.4, -0.2) is 88.2 Å². The first-order valence-corrected chi connectivity index (χ1v) is 14.6. The Hall–Kier alpha value is -3.71. The second-order valence-electron chi connectivity index (χ2n) is 9.28. The molecule has 0 unspecified atom stereocenters. The van der Waals surface area contributed by atoms with Gasteiger partial charge < -0.3 is 23.9 Å². The highest BCUT2D eigenvalue weighted by Crippen LogP contribution is 2.33. The number of hydrogen-bond donors (Lipinski definition) is 1. The molecule has 0 radical (unpaired) electrons. The van der Waals surface area contributed by atoms with E-state index in [1.54, 1.807) is 36.4 Å². The fraction of sp³-hybridized carbons (Fsp3) is 0.321. The van der Waals surface area contributed by atoms with E-state index in [2.05, 4.69) is 14.9 Å². The molecule has 218 valence electrons. The van der Waals surface area contributed by atoms with Gasteiger partial charge in [-0.15, -0.1) is 12.4 Å². The zero-order chi connectivity index (χ0) is 28.3. The molecular formula is C28H31ClN4O7S. The number of aromatic amines is 1. The largest absolute Gasteiger partial charge is 0.497 e. The van der Waals surface area contributed by atoms with Crippen molar-refractivity contribution in [2.24, 2.45) is 0 Å². The Morgan fingerprint density at radius 3 is 2.37 bits per heavy atom. The molecule has 5 rings (SSSR count). The number of hydrogen-bond acceptors (Lipinski definition) is 10. The van der Waals surface area contributed by atoms with Crippen molar-refractivity contribution >= 4 is 33.1 Å². The first-order valence-electron chi connectivity index (χ1n) is 12.7. The average molecular weight is 603 g/mol. The predicted molar refractivity (Wildman–Crippen MR) is 157 cm³/mol.